The molecule has 2 rings (SSSR count). The number of aromatic hydroxyl groups is 2. The molecular formula is C18H23O2P. The van der Waals surface area contributed by atoms with Gasteiger partial charge < -0.3 is 10.2 Å². The van der Waals surface area contributed by atoms with Crippen LogP contribution in [0.25, 0.3) is 0 Å². The maximum absolute atomic E-state index is 10.5. The van der Waals surface area contributed by atoms with E-state index < -0.39 is 7.92 Å². The third-order valence-corrected chi connectivity index (χ3v) is 6.61. The summed E-state index contributed by atoms with van der Waals surface area (Å²) in [6.07, 6.45) is 0. The van der Waals surface area contributed by atoms with Crippen LogP contribution in [-0.2, 0) is 0 Å². The van der Waals surface area contributed by atoms with Gasteiger partial charge in [-0.05, 0) is 38.1 Å². The molecule has 0 atom stereocenters. The highest BCUT2D eigenvalue weighted by Crippen LogP contribution is 2.51. The molecule has 0 aliphatic heterocycles. The average Bonchev–Trinajstić information content (AvgIpc) is 2.38. The Morgan fingerprint density at radius 3 is 1.48 bits per heavy atom. The van der Waals surface area contributed by atoms with Crippen LogP contribution in [0, 0.1) is 13.8 Å². The quantitative estimate of drug-likeness (QED) is 0.825. The number of rotatable bonds is 2. The first-order valence-corrected chi connectivity index (χ1v) is 8.45. The summed E-state index contributed by atoms with van der Waals surface area (Å²) >= 11 is 0. The van der Waals surface area contributed by atoms with Crippen molar-refractivity contribution in [3.63, 3.8) is 0 Å². The number of aryl methyl sites for hydroxylation is 2. The van der Waals surface area contributed by atoms with Gasteiger partial charge in [-0.15, -0.1) is 0 Å². The van der Waals surface area contributed by atoms with E-state index in [0.717, 1.165) is 21.7 Å². The van der Waals surface area contributed by atoms with Gasteiger partial charge in [-0.1, -0.05) is 57.2 Å². The van der Waals surface area contributed by atoms with Crippen molar-refractivity contribution in [2.24, 2.45) is 0 Å². The van der Waals surface area contributed by atoms with Gasteiger partial charge in [-0.25, -0.2) is 0 Å². The molecule has 0 bridgehead atoms. The number of phenols is 2. The average molecular weight is 302 g/mol. The zero-order chi connectivity index (χ0) is 15.8. The molecule has 2 N–H and O–H groups in total. The molecule has 0 amide bonds. The van der Waals surface area contributed by atoms with Crippen LogP contribution in [0.3, 0.4) is 0 Å². The van der Waals surface area contributed by atoms with Crippen LogP contribution in [0.5, 0.6) is 11.5 Å². The first-order valence-electron chi connectivity index (χ1n) is 7.11. The predicted octanol–water partition coefficient (Wildman–Crippen LogP) is 3.95. The largest absolute Gasteiger partial charge is 0.507 e. The maximum Gasteiger partial charge on any atom is 0.126 e. The summed E-state index contributed by atoms with van der Waals surface area (Å²) < 4.78 is 0. The predicted molar refractivity (Wildman–Crippen MR) is 91.6 cm³/mol. The van der Waals surface area contributed by atoms with Gasteiger partial charge in [0.2, 0.25) is 0 Å². The highest BCUT2D eigenvalue weighted by atomic mass is 31.1. The molecule has 0 aromatic heterocycles. The van der Waals surface area contributed by atoms with Crippen molar-refractivity contribution in [1.82, 2.24) is 0 Å². The van der Waals surface area contributed by atoms with E-state index in [1.54, 1.807) is 0 Å². The summed E-state index contributed by atoms with van der Waals surface area (Å²) in [6, 6.07) is 11.7. The van der Waals surface area contributed by atoms with E-state index in [-0.39, 0.29) is 5.16 Å². The minimum absolute atomic E-state index is 0.0636. The van der Waals surface area contributed by atoms with Crippen molar-refractivity contribution in [1.29, 1.82) is 0 Å². The molecule has 3 heteroatoms. The molecule has 2 aromatic carbocycles. The second kappa shape index (κ2) is 5.69. The lowest BCUT2D eigenvalue weighted by Crippen LogP contribution is -2.27. The van der Waals surface area contributed by atoms with E-state index >= 15 is 0 Å². The number of hydrogen-bond acceptors (Lipinski definition) is 2. The number of phenolic OH excluding ortho intramolecular Hbond substituents is 2. The van der Waals surface area contributed by atoms with Crippen molar-refractivity contribution >= 4 is 18.5 Å². The molecule has 0 aliphatic carbocycles. The van der Waals surface area contributed by atoms with Crippen molar-refractivity contribution in [2.45, 2.75) is 39.8 Å². The van der Waals surface area contributed by atoms with Crippen molar-refractivity contribution in [3.05, 3.63) is 47.5 Å². The first kappa shape index (κ1) is 15.9. The Morgan fingerprint density at radius 2 is 1.14 bits per heavy atom. The third-order valence-electron chi connectivity index (χ3n) is 3.59. The molecule has 21 heavy (non-hydrogen) atoms. The van der Waals surface area contributed by atoms with E-state index in [2.05, 4.69) is 20.8 Å². The molecule has 2 aromatic rings. The second-order valence-electron chi connectivity index (χ2n) is 6.39. The monoisotopic (exact) mass is 302 g/mol. The van der Waals surface area contributed by atoms with Gasteiger partial charge in [0.15, 0.2) is 0 Å². The topological polar surface area (TPSA) is 40.5 Å². The van der Waals surface area contributed by atoms with Crippen LogP contribution in [0.2, 0.25) is 0 Å². The fraction of sp³-hybridized carbons (Fsp3) is 0.333. The van der Waals surface area contributed by atoms with E-state index in [1.807, 2.05) is 50.2 Å². The summed E-state index contributed by atoms with van der Waals surface area (Å²) in [4.78, 5) is 0. The van der Waals surface area contributed by atoms with E-state index in [4.69, 9.17) is 0 Å². The smallest absolute Gasteiger partial charge is 0.126 e. The van der Waals surface area contributed by atoms with Crippen molar-refractivity contribution in [2.75, 3.05) is 0 Å². The summed E-state index contributed by atoms with van der Waals surface area (Å²) in [5.74, 6) is 0.693. The van der Waals surface area contributed by atoms with Crippen LogP contribution in [0.1, 0.15) is 31.9 Å². The van der Waals surface area contributed by atoms with Gasteiger partial charge in [0, 0.05) is 10.6 Å². The van der Waals surface area contributed by atoms with Gasteiger partial charge in [0.25, 0.3) is 0 Å². The highest BCUT2D eigenvalue weighted by molar-refractivity contribution is 7.74. The fourth-order valence-corrected chi connectivity index (χ4v) is 5.45. The van der Waals surface area contributed by atoms with Crippen LogP contribution in [-0.4, -0.2) is 15.4 Å². The molecule has 0 fully saturated rings. The molecule has 0 spiro atoms. The minimum atomic E-state index is -0.866. The lowest BCUT2D eigenvalue weighted by atomic mass is 10.2. The lowest BCUT2D eigenvalue weighted by Gasteiger charge is -2.33. The molecule has 0 heterocycles. The summed E-state index contributed by atoms with van der Waals surface area (Å²) in [7, 11) is -0.866. The van der Waals surface area contributed by atoms with Crippen LogP contribution in [0.4, 0.5) is 0 Å². The second-order valence-corrected chi connectivity index (χ2v) is 9.37. The van der Waals surface area contributed by atoms with Crippen molar-refractivity contribution < 1.29 is 10.2 Å². The van der Waals surface area contributed by atoms with Gasteiger partial charge in [-0.2, -0.15) is 0 Å². The van der Waals surface area contributed by atoms with Gasteiger partial charge in [0.1, 0.15) is 11.5 Å². The van der Waals surface area contributed by atoms with Gasteiger partial charge in [-0.3, -0.25) is 0 Å². The third kappa shape index (κ3) is 3.06. The fourth-order valence-electron chi connectivity index (χ4n) is 2.50. The standard InChI is InChI=1S/C18H23O2P/c1-12-8-6-10-14(16(12)19)21(18(3,4)5)15-11-7-9-13(2)17(15)20/h6-11,19-20H,1-5H3. The number of benzene rings is 2. The molecular weight excluding hydrogens is 279 g/mol. The molecule has 2 nitrogen and oxygen atoms in total. The summed E-state index contributed by atoms with van der Waals surface area (Å²) in [5, 5.41) is 22.8. The Bertz CT molecular complexity index is 605. The van der Waals surface area contributed by atoms with E-state index in [0.29, 0.717) is 11.5 Å². The maximum atomic E-state index is 10.5. The molecule has 112 valence electrons. The minimum Gasteiger partial charge on any atom is -0.507 e. The highest BCUT2D eigenvalue weighted by Gasteiger charge is 2.32. The normalized spacial score (nSPS) is 11.9. The van der Waals surface area contributed by atoms with E-state index in [1.165, 1.54) is 0 Å². The zero-order valence-corrected chi connectivity index (χ0v) is 14.2. The van der Waals surface area contributed by atoms with Crippen LogP contribution in [0.15, 0.2) is 36.4 Å². The molecule has 0 radical (unpaired) electrons. The zero-order valence-electron chi connectivity index (χ0n) is 13.3. The Hall–Kier alpha value is -1.53. The molecule has 0 saturated heterocycles. The number of para-hydroxylation sites is 2. The summed E-state index contributed by atoms with van der Waals surface area (Å²) in [6.45, 7) is 10.3. The Morgan fingerprint density at radius 1 is 0.762 bits per heavy atom. The van der Waals surface area contributed by atoms with E-state index in [9.17, 15) is 10.2 Å². The Labute approximate surface area is 128 Å². The lowest BCUT2D eigenvalue weighted by molar-refractivity contribution is 0.474. The van der Waals surface area contributed by atoms with Crippen LogP contribution < -0.4 is 10.6 Å². The first-order chi connectivity index (χ1) is 9.73. The molecule has 0 aliphatic rings. The van der Waals surface area contributed by atoms with Crippen LogP contribution >= 0.6 is 7.92 Å². The number of hydrogen-bond donors (Lipinski definition) is 2. The Kier molecular flexibility index (Phi) is 4.30. The SMILES string of the molecule is Cc1cccc(P(c2cccc(C)c2O)C(C)(C)C)c1O. The van der Waals surface area contributed by atoms with Gasteiger partial charge >= 0.3 is 0 Å². The Balaban J connectivity index is 2.71. The van der Waals surface area contributed by atoms with Crippen molar-refractivity contribution in [3.8, 4) is 11.5 Å². The van der Waals surface area contributed by atoms with Gasteiger partial charge in [0.05, 0.1) is 0 Å². The molecule has 0 saturated carbocycles. The summed E-state index contributed by atoms with van der Waals surface area (Å²) in [5.41, 5.74) is 1.74. The molecule has 0 unspecified atom stereocenters.